The van der Waals surface area contributed by atoms with Crippen LogP contribution in [0, 0.1) is 23.7 Å². The fraction of sp³-hybridized carbons (Fsp3) is 0.947. The molecule has 5 rings (SSSR count). The van der Waals surface area contributed by atoms with Gasteiger partial charge in [0.1, 0.15) is 0 Å². The standard InChI is InChI=1S/C19H32N2O3S/c1-2-6-25(23,24)20-5-3-4-17(13-20)19(22)21-12-16-8-14-7-15(9-16)11-18(21)10-14/h14-18H,2-13H2,1H3. The third-order valence-corrected chi connectivity index (χ3v) is 9.02. The summed E-state index contributed by atoms with van der Waals surface area (Å²) < 4.78 is 26.4. The lowest BCUT2D eigenvalue weighted by atomic mass is 9.68. The smallest absolute Gasteiger partial charge is 0.227 e. The minimum absolute atomic E-state index is 0.129. The van der Waals surface area contributed by atoms with Gasteiger partial charge in [-0.15, -0.1) is 0 Å². The van der Waals surface area contributed by atoms with E-state index in [2.05, 4.69) is 4.90 Å². The molecule has 0 radical (unpaired) electrons. The van der Waals surface area contributed by atoms with Gasteiger partial charge in [-0.3, -0.25) is 4.79 Å². The molecule has 25 heavy (non-hydrogen) atoms. The molecule has 1 amide bonds. The second kappa shape index (κ2) is 6.84. The summed E-state index contributed by atoms with van der Waals surface area (Å²) in [4.78, 5) is 15.5. The minimum atomic E-state index is -3.19. The predicted molar refractivity (Wildman–Crippen MR) is 97.4 cm³/mol. The first-order chi connectivity index (χ1) is 12.0. The van der Waals surface area contributed by atoms with E-state index in [-0.39, 0.29) is 17.6 Å². The van der Waals surface area contributed by atoms with Crippen LogP contribution in [0.5, 0.6) is 0 Å². The summed E-state index contributed by atoms with van der Waals surface area (Å²) in [5.74, 6) is 2.65. The van der Waals surface area contributed by atoms with Gasteiger partial charge in [0, 0.05) is 25.7 Å². The van der Waals surface area contributed by atoms with E-state index in [4.69, 9.17) is 0 Å². The molecule has 5 fully saturated rings. The maximum Gasteiger partial charge on any atom is 0.227 e. The van der Waals surface area contributed by atoms with Crippen LogP contribution in [0.2, 0.25) is 0 Å². The van der Waals surface area contributed by atoms with Crippen molar-refractivity contribution < 1.29 is 13.2 Å². The molecule has 142 valence electrons. The highest BCUT2D eigenvalue weighted by Crippen LogP contribution is 2.47. The van der Waals surface area contributed by atoms with E-state index in [1.165, 1.54) is 32.1 Å². The minimum Gasteiger partial charge on any atom is -0.339 e. The average molecular weight is 369 g/mol. The monoisotopic (exact) mass is 368 g/mol. The van der Waals surface area contributed by atoms with Crippen LogP contribution in [0.1, 0.15) is 58.3 Å². The summed E-state index contributed by atoms with van der Waals surface area (Å²) in [6.07, 6.45) is 8.64. The SMILES string of the molecule is CCCS(=O)(=O)N1CCCC(C(=O)N2CC3CC4CC(C3)CC2C4)C1. The van der Waals surface area contributed by atoms with Gasteiger partial charge in [-0.2, -0.15) is 0 Å². The Morgan fingerprint density at radius 3 is 2.36 bits per heavy atom. The lowest BCUT2D eigenvalue weighted by molar-refractivity contribution is -0.139. The van der Waals surface area contributed by atoms with Crippen molar-refractivity contribution in [2.45, 2.75) is 64.3 Å². The molecule has 2 aliphatic carbocycles. The van der Waals surface area contributed by atoms with Crippen molar-refractivity contribution >= 4 is 15.9 Å². The molecule has 4 bridgehead atoms. The number of nitrogens with zero attached hydrogens (tertiary/aromatic N) is 2. The molecule has 0 aromatic rings. The molecular formula is C19H32N2O3S. The molecule has 3 aliphatic heterocycles. The highest BCUT2D eigenvalue weighted by atomic mass is 32.2. The number of piperidine rings is 1. The van der Waals surface area contributed by atoms with Crippen molar-refractivity contribution in [3.63, 3.8) is 0 Å². The summed E-state index contributed by atoms with van der Waals surface area (Å²) in [5, 5.41) is 0. The predicted octanol–water partition coefficient (Wildman–Crippen LogP) is 2.48. The van der Waals surface area contributed by atoms with Gasteiger partial charge in [0.25, 0.3) is 0 Å². The first kappa shape index (κ1) is 17.8. The Labute approximate surface area is 152 Å². The van der Waals surface area contributed by atoms with E-state index in [1.807, 2.05) is 6.92 Å². The Morgan fingerprint density at radius 2 is 1.68 bits per heavy atom. The average Bonchev–Trinajstić information content (AvgIpc) is 2.78. The van der Waals surface area contributed by atoms with Crippen molar-refractivity contribution in [1.82, 2.24) is 9.21 Å². The topological polar surface area (TPSA) is 57.7 Å². The molecule has 0 N–H and O–H groups in total. The largest absolute Gasteiger partial charge is 0.339 e. The van der Waals surface area contributed by atoms with Gasteiger partial charge in [0.15, 0.2) is 0 Å². The molecule has 0 aromatic heterocycles. The van der Waals surface area contributed by atoms with Crippen molar-refractivity contribution in [3.05, 3.63) is 0 Å². The zero-order chi connectivity index (χ0) is 17.6. The number of fused-ring (bicyclic) bond motifs is 1. The summed E-state index contributed by atoms with van der Waals surface area (Å²) in [7, 11) is -3.19. The Balaban J connectivity index is 1.47. The molecular weight excluding hydrogens is 336 g/mol. The van der Waals surface area contributed by atoms with Crippen LogP contribution >= 0.6 is 0 Å². The number of sulfonamides is 1. The van der Waals surface area contributed by atoms with Gasteiger partial charge >= 0.3 is 0 Å². The first-order valence-corrected chi connectivity index (χ1v) is 11.9. The van der Waals surface area contributed by atoms with Crippen LogP contribution in [0.4, 0.5) is 0 Å². The van der Waals surface area contributed by atoms with E-state index in [0.29, 0.717) is 31.5 Å². The van der Waals surface area contributed by atoms with Crippen LogP contribution in [0.15, 0.2) is 0 Å². The number of carbonyl (C=O) groups is 1. The molecule has 5 nitrogen and oxygen atoms in total. The van der Waals surface area contributed by atoms with Crippen molar-refractivity contribution in [2.24, 2.45) is 23.7 Å². The third kappa shape index (κ3) is 3.48. The highest BCUT2D eigenvalue weighted by Gasteiger charge is 2.45. The number of hydrogen-bond acceptors (Lipinski definition) is 3. The lowest BCUT2D eigenvalue weighted by Crippen LogP contribution is -2.50. The van der Waals surface area contributed by atoms with Gasteiger partial charge in [-0.25, -0.2) is 12.7 Å². The van der Waals surface area contributed by atoms with Crippen LogP contribution in [-0.2, 0) is 14.8 Å². The molecule has 5 aliphatic rings. The second-order valence-electron chi connectivity index (χ2n) is 8.93. The molecule has 2 saturated carbocycles. The zero-order valence-electron chi connectivity index (χ0n) is 15.4. The lowest BCUT2D eigenvalue weighted by Gasteiger charge is -2.40. The fourth-order valence-corrected chi connectivity index (χ4v) is 7.66. The third-order valence-electron chi connectivity index (χ3n) is 6.98. The van der Waals surface area contributed by atoms with Gasteiger partial charge < -0.3 is 4.90 Å². The summed E-state index contributed by atoms with van der Waals surface area (Å²) >= 11 is 0. The molecule has 3 heterocycles. The van der Waals surface area contributed by atoms with Crippen LogP contribution < -0.4 is 0 Å². The number of carbonyl (C=O) groups excluding carboxylic acids is 1. The Kier molecular flexibility index (Phi) is 4.86. The number of rotatable bonds is 4. The van der Waals surface area contributed by atoms with E-state index >= 15 is 0 Å². The van der Waals surface area contributed by atoms with Crippen LogP contribution in [-0.4, -0.2) is 55.0 Å². The summed E-state index contributed by atoms with van der Waals surface area (Å²) in [5.41, 5.74) is 0. The number of hydrogen-bond donors (Lipinski definition) is 0. The van der Waals surface area contributed by atoms with Gasteiger partial charge in [0.2, 0.25) is 15.9 Å². The summed E-state index contributed by atoms with van der Waals surface area (Å²) in [6.45, 7) is 3.81. The molecule has 3 atom stereocenters. The highest BCUT2D eigenvalue weighted by molar-refractivity contribution is 7.89. The maximum absolute atomic E-state index is 13.3. The fourth-order valence-electron chi connectivity index (χ4n) is 6.07. The van der Waals surface area contributed by atoms with Gasteiger partial charge in [-0.05, 0) is 69.1 Å². The van der Waals surface area contributed by atoms with Crippen LogP contribution in [0.25, 0.3) is 0 Å². The van der Waals surface area contributed by atoms with E-state index in [0.717, 1.165) is 31.2 Å². The van der Waals surface area contributed by atoms with E-state index < -0.39 is 10.0 Å². The van der Waals surface area contributed by atoms with Crippen molar-refractivity contribution in [1.29, 1.82) is 0 Å². The Hall–Kier alpha value is -0.620. The maximum atomic E-state index is 13.3. The molecule has 6 heteroatoms. The van der Waals surface area contributed by atoms with E-state index in [1.54, 1.807) is 4.31 Å². The molecule has 3 saturated heterocycles. The molecule has 3 unspecified atom stereocenters. The quantitative estimate of drug-likeness (QED) is 0.766. The van der Waals surface area contributed by atoms with Crippen molar-refractivity contribution in [2.75, 3.05) is 25.4 Å². The molecule has 0 spiro atoms. The first-order valence-electron chi connectivity index (χ1n) is 10.2. The normalized spacial score (nSPS) is 38.8. The van der Waals surface area contributed by atoms with Crippen LogP contribution in [0.3, 0.4) is 0 Å². The Morgan fingerprint density at radius 1 is 1.00 bits per heavy atom. The Bertz CT molecular complexity index is 606. The number of amides is 1. The molecule has 0 aromatic carbocycles. The van der Waals surface area contributed by atoms with Crippen molar-refractivity contribution in [3.8, 4) is 0 Å². The van der Waals surface area contributed by atoms with Gasteiger partial charge in [0.05, 0.1) is 11.7 Å². The second-order valence-corrected chi connectivity index (χ2v) is 11.0. The summed E-state index contributed by atoms with van der Waals surface area (Å²) in [6, 6.07) is 0.423. The zero-order valence-corrected chi connectivity index (χ0v) is 16.2. The van der Waals surface area contributed by atoms with E-state index in [9.17, 15) is 13.2 Å². The van der Waals surface area contributed by atoms with Gasteiger partial charge in [-0.1, -0.05) is 6.92 Å².